The van der Waals surface area contributed by atoms with Gasteiger partial charge in [-0.05, 0) is 37.5 Å². The first kappa shape index (κ1) is 12.7. The number of ether oxygens (including phenoxy) is 1. The van der Waals surface area contributed by atoms with Crippen LogP contribution in [-0.2, 0) is 0 Å². The second kappa shape index (κ2) is 6.87. The molecule has 17 heavy (non-hydrogen) atoms. The first-order valence-corrected chi connectivity index (χ1v) is 6.94. The molecule has 0 saturated carbocycles. The molecule has 1 fully saturated rings. The largest absolute Gasteiger partial charge is 0.493 e. The summed E-state index contributed by atoms with van der Waals surface area (Å²) >= 11 is 5.90. The summed E-state index contributed by atoms with van der Waals surface area (Å²) in [4.78, 5) is 1.74. The van der Waals surface area contributed by atoms with Crippen molar-refractivity contribution in [1.29, 1.82) is 0 Å². The van der Waals surface area contributed by atoms with Crippen LogP contribution in [0.2, 0.25) is 5.02 Å². The van der Waals surface area contributed by atoms with Crippen LogP contribution in [0.1, 0.15) is 25.7 Å². The van der Waals surface area contributed by atoms with Crippen LogP contribution in [0.25, 0.3) is 0 Å². The van der Waals surface area contributed by atoms with Crippen LogP contribution in [0.4, 0.5) is 0 Å². The van der Waals surface area contributed by atoms with Crippen LogP contribution in [0.3, 0.4) is 0 Å². The van der Waals surface area contributed by atoms with E-state index in [4.69, 9.17) is 16.3 Å². The fourth-order valence-corrected chi connectivity index (χ4v) is 2.55. The molecule has 1 heterocycles. The topological polar surface area (TPSA) is 13.7 Å². The number of piperidine rings is 1. The highest BCUT2D eigenvalue weighted by Gasteiger charge is 2.12. The molecule has 1 saturated heterocycles. The summed E-state index contributed by atoms with van der Waals surface area (Å²) in [5.41, 5.74) is 0. The van der Waals surface area contributed by atoms with Gasteiger partial charge in [0.15, 0.2) is 0 Å². The van der Waals surface area contributed by atoms with Gasteiger partial charge in [0.25, 0.3) is 0 Å². The Morgan fingerprint density at radius 1 is 1.18 bits per heavy atom. The van der Waals surface area contributed by atoms with Crippen molar-refractivity contribution in [2.75, 3.05) is 26.2 Å². The minimum Gasteiger partial charge on any atom is -0.493 e. The van der Waals surface area contributed by atoms with E-state index >= 15 is 0 Å². The van der Waals surface area contributed by atoms with Crippen LogP contribution in [0, 0.1) is 0 Å². The van der Waals surface area contributed by atoms with Gasteiger partial charge in [0, 0.05) is 11.4 Å². The third-order valence-electron chi connectivity index (χ3n) is 3.30. The summed E-state index contributed by atoms with van der Waals surface area (Å²) < 4.78 is 5.68. The molecule has 1 N–H and O–H groups in total. The molecule has 2 nitrogen and oxygen atoms in total. The quantitative estimate of drug-likeness (QED) is 0.796. The highest BCUT2D eigenvalue weighted by molar-refractivity contribution is 6.30. The first-order valence-electron chi connectivity index (χ1n) is 6.56. The Morgan fingerprint density at radius 3 is 2.76 bits per heavy atom. The van der Waals surface area contributed by atoms with E-state index in [0.717, 1.165) is 23.8 Å². The molecule has 1 aromatic rings. The van der Waals surface area contributed by atoms with Gasteiger partial charge in [-0.3, -0.25) is 0 Å². The van der Waals surface area contributed by atoms with Crippen LogP contribution >= 0.6 is 11.6 Å². The molecule has 0 aliphatic carbocycles. The van der Waals surface area contributed by atoms with Gasteiger partial charge in [-0.15, -0.1) is 0 Å². The van der Waals surface area contributed by atoms with Crippen molar-refractivity contribution in [3.05, 3.63) is 29.3 Å². The lowest BCUT2D eigenvalue weighted by Crippen LogP contribution is -3.12. The van der Waals surface area contributed by atoms with E-state index in [0.29, 0.717) is 0 Å². The third kappa shape index (κ3) is 4.57. The van der Waals surface area contributed by atoms with Crippen molar-refractivity contribution >= 4 is 11.6 Å². The number of quaternary nitrogens is 1. The van der Waals surface area contributed by atoms with E-state index in [9.17, 15) is 0 Å². The van der Waals surface area contributed by atoms with Gasteiger partial charge in [0.1, 0.15) is 5.75 Å². The van der Waals surface area contributed by atoms with Crippen LogP contribution in [0.5, 0.6) is 5.75 Å². The summed E-state index contributed by atoms with van der Waals surface area (Å²) in [5, 5.41) is 0.740. The highest BCUT2D eigenvalue weighted by Crippen LogP contribution is 2.16. The molecule has 0 spiro atoms. The Hall–Kier alpha value is -0.730. The predicted molar refractivity (Wildman–Crippen MR) is 71.0 cm³/mol. The van der Waals surface area contributed by atoms with Crippen molar-refractivity contribution < 1.29 is 9.64 Å². The van der Waals surface area contributed by atoms with E-state index in [1.54, 1.807) is 4.90 Å². The second-order valence-electron chi connectivity index (χ2n) is 4.72. The van der Waals surface area contributed by atoms with Crippen molar-refractivity contribution in [3.8, 4) is 5.75 Å². The standard InChI is InChI=1S/C14H20ClNO/c15-13-6-4-7-14(12-13)17-11-5-10-16-8-2-1-3-9-16/h4,6-7,12H,1-3,5,8-11H2/p+1. The molecule has 0 bridgehead atoms. The normalized spacial score (nSPS) is 17.0. The minimum atomic E-state index is 0.740. The van der Waals surface area contributed by atoms with Crippen molar-refractivity contribution in [1.82, 2.24) is 0 Å². The maximum Gasteiger partial charge on any atom is 0.120 e. The van der Waals surface area contributed by atoms with Gasteiger partial charge in [-0.2, -0.15) is 0 Å². The van der Waals surface area contributed by atoms with Gasteiger partial charge in [-0.1, -0.05) is 17.7 Å². The lowest BCUT2D eigenvalue weighted by molar-refractivity contribution is -0.905. The Bertz CT molecular complexity index is 337. The molecule has 0 amide bonds. The zero-order chi connectivity index (χ0) is 11.9. The minimum absolute atomic E-state index is 0.740. The monoisotopic (exact) mass is 254 g/mol. The Morgan fingerprint density at radius 2 is 2.00 bits per heavy atom. The molecule has 2 rings (SSSR count). The Labute approximate surface area is 109 Å². The summed E-state index contributed by atoms with van der Waals surface area (Å²) in [6, 6.07) is 7.62. The molecule has 0 atom stereocenters. The number of halogens is 1. The molecular formula is C14H21ClNO+. The average Bonchev–Trinajstić information content (AvgIpc) is 2.36. The number of hydrogen-bond acceptors (Lipinski definition) is 1. The van der Waals surface area contributed by atoms with Gasteiger partial charge in [-0.25, -0.2) is 0 Å². The highest BCUT2D eigenvalue weighted by atomic mass is 35.5. The van der Waals surface area contributed by atoms with Crippen LogP contribution in [-0.4, -0.2) is 26.2 Å². The van der Waals surface area contributed by atoms with E-state index in [1.165, 1.54) is 38.9 Å². The van der Waals surface area contributed by atoms with E-state index < -0.39 is 0 Å². The zero-order valence-corrected chi connectivity index (χ0v) is 11.0. The molecule has 1 aliphatic heterocycles. The van der Waals surface area contributed by atoms with Gasteiger partial charge in [0.05, 0.1) is 26.2 Å². The van der Waals surface area contributed by atoms with Crippen molar-refractivity contribution in [3.63, 3.8) is 0 Å². The summed E-state index contributed by atoms with van der Waals surface area (Å²) in [6.45, 7) is 4.72. The fourth-order valence-electron chi connectivity index (χ4n) is 2.37. The second-order valence-corrected chi connectivity index (χ2v) is 5.16. The van der Waals surface area contributed by atoms with Gasteiger partial charge >= 0.3 is 0 Å². The molecule has 1 aliphatic rings. The number of hydrogen-bond donors (Lipinski definition) is 1. The van der Waals surface area contributed by atoms with E-state index in [1.807, 2.05) is 24.3 Å². The predicted octanol–water partition coefficient (Wildman–Crippen LogP) is 2.18. The zero-order valence-electron chi connectivity index (χ0n) is 10.3. The molecule has 0 unspecified atom stereocenters. The third-order valence-corrected chi connectivity index (χ3v) is 3.54. The summed E-state index contributed by atoms with van der Waals surface area (Å²) in [6.07, 6.45) is 5.33. The smallest absolute Gasteiger partial charge is 0.120 e. The van der Waals surface area contributed by atoms with Crippen molar-refractivity contribution in [2.24, 2.45) is 0 Å². The molecule has 0 aromatic heterocycles. The maximum absolute atomic E-state index is 5.90. The van der Waals surface area contributed by atoms with Gasteiger partial charge < -0.3 is 9.64 Å². The number of rotatable bonds is 5. The van der Waals surface area contributed by atoms with Crippen molar-refractivity contribution in [2.45, 2.75) is 25.7 Å². The van der Waals surface area contributed by atoms with Crippen LogP contribution < -0.4 is 9.64 Å². The molecule has 0 radical (unpaired) electrons. The summed E-state index contributed by atoms with van der Waals surface area (Å²) in [5.74, 6) is 0.881. The average molecular weight is 255 g/mol. The first-order chi connectivity index (χ1) is 8.34. The molecular weight excluding hydrogens is 234 g/mol. The molecule has 3 heteroatoms. The lowest BCUT2D eigenvalue weighted by Gasteiger charge is -2.23. The maximum atomic E-state index is 5.90. The Balaban J connectivity index is 1.62. The SMILES string of the molecule is Clc1cccc(OCCC[NH+]2CCCCC2)c1. The molecule has 1 aromatic carbocycles. The number of benzene rings is 1. The van der Waals surface area contributed by atoms with E-state index in [2.05, 4.69) is 0 Å². The van der Waals surface area contributed by atoms with Crippen LogP contribution in [0.15, 0.2) is 24.3 Å². The fraction of sp³-hybridized carbons (Fsp3) is 0.571. The number of likely N-dealkylation sites (tertiary alicyclic amines) is 1. The van der Waals surface area contributed by atoms with E-state index in [-0.39, 0.29) is 0 Å². The summed E-state index contributed by atoms with van der Waals surface area (Å²) in [7, 11) is 0. The van der Waals surface area contributed by atoms with Gasteiger partial charge in [0.2, 0.25) is 0 Å². The molecule has 94 valence electrons. The Kier molecular flexibility index (Phi) is 5.14. The lowest BCUT2D eigenvalue weighted by atomic mass is 10.1. The number of nitrogens with one attached hydrogen (secondary N) is 1.